The number of sulfonamides is 1. The maximum atomic E-state index is 12.4. The number of thiazole rings is 1. The van der Waals surface area contributed by atoms with Gasteiger partial charge in [0.25, 0.3) is 10.0 Å². The number of nitrogens with two attached hydrogens (primary N) is 1. The van der Waals surface area contributed by atoms with Gasteiger partial charge in [0.05, 0.1) is 5.69 Å². The third kappa shape index (κ3) is 3.11. The number of nitrogens with zero attached hydrogens (tertiary/aromatic N) is 2. The molecule has 1 saturated heterocycles. The van der Waals surface area contributed by atoms with Crippen molar-refractivity contribution in [2.75, 3.05) is 19.6 Å². The third-order valence-electron chi connectivity index (χ3n) is 3.59. The van der Waals surface area contributed by atoms with E-state index in [0.29, 0.717) is 19.6 Å². The maximum absolute atomic E-state index is 12.4. The first kappa shape index (κ1) is 16.8. The zero-order valence-electron chi connectivity index (χ0n) is 11.3. The van der Waals surface area contributed by atoms with Crippen LogP contribution in [0.15, 0.2) is 4.34 Å². The molecule has 1 unspecified atom stereocenters. The van der Waals surface area contributed by atoms with Gasteiger partial charge in [-0.3, -0.25) is 0 Å². The first-order chi connectivity index (χ1) is 8.28. The molecule has 5 nitrogen and oxygen atoms in total. The summed E-state index contributed by atoms with van der Waals surface area (Å²) in [6.45, 7) is 7.28. The maximum Gasteiger partial charge on any atom is 0.270 e. The van der Waals surface area contributed by atoms with Crippen molar-refractivity contribution in [2.24, 2.45) is 11.1 Å². The Labute approximate surface area is 124 Å². The highest BCUT2D eigenvalue weighted by Gasteiger charge is 2.40. The van der Waals surface area contributed by atoms with E-state index in [2.05, 4.69) is 4.98 Å². The predicted molar refractivity (Wildman–Crippen MR) is 79.4 cm³/mol. The number of aryl methyl sites for hydroxylation is 2. The van der Waals surface area contributed by atoms with E-state index in [9.17, 15) is 8.42 Å². The van der Waals surface area contributed by atoms with Crippen LogP contribution in [-0.4, -0.2) is 37.3 Å². The summed E-state index contributed by atoms with van der Waals surface area (Å²) in [6.07, 6.45) is 0.812. The second-order valence-corrected chi connectivity index (χ2v) is 8.54. The highest BCUT2D eigenvalue weighted by atomic mass is 35.5. The summed E-state index contributed by atoms with van der Waals surface area (Å²) in [4.78, 5) is 5.11. The Morgan fingerprint density at radius 2 is 2.11 bits per heavy atom. The van der Waals surface area contributed by atoms with Crippen LogP contribution in [0.3, 0.4) is 0 Å². The van der Waals surface area contributed by atoms with Crippen molar-refractivity contribution < 1.29 is 8.42 Å². The molecule has 2 rings (SSSR count). The number of halogens is 1. The molecular formula is C11H20ClN3O2S2. The monoisotopic (exact) mass is 325 g/mol. The molecule has 8 heteroatoms. The Morgan fingerprint density at radius 3 is 2.53 bits per heavy atom. The van der Waals surface area contributed by atoms with Crippen LogP contribution in [0.2, 0.25) is 0 Å². The Hall–Kier alpha value is -0.210. The lowest BCUT2D eigenvalue weighted by atomic mass is 9.90. The zero-order chi connectivity index (χ0) is 13.6. The molecule has 2 heterocycles. The molecule has 1 aromatic heterocycles. The van der Waals surface area contributed by atoms with Crippen LogP contribution in [0, 0.1) is 19.3 Å². The summed E-state index contributed by atoms with van der Waals surface area (Å²) in [5.74, 6) is 0. The van der Waals surface area contributed by atoms with Crippen LogP contribution in [0.4, 0.5) is 0 Å². The van der Waals surface area contributed by atoms with Crippen LogP contribution in [0.25, 0.3) is 0 Å². The first-order valence-electron chi connectivity index (χ1n) is 5.93. The summed E-state index contributed by atoms with van der Waals surface area (Å²) in [6, 6.07) is 0. The van der Waals surface area contributed by atoms with Crippen LogP contribution >= 0.6 is 23.7 Å². The van der Waals surface area contributed by atoms with Crippen LogP contribution < -0.4 is 5.73 Å². The van der Waals surface area contributed by atoms with E-state index in [4.69, 9.17) is 5.73 Å². The zero-order valence-corrected chi connectivity index (χ0v) is 13.8. The molecule has 110 valence electrons. The van der Waals surface area contributed by atoms with Crippen molar-refractivity contribution in [3.05, 3.63) is 10.6 Å². The Morgan fingerprint density at radius 1 is 1.47 bits per heavy atom. The van der Waals surface area contributed by atoms with Gasteiger partial charge in [0, 0.05) is 18.0 Å². The van der Waals surface area contributed by atoms with Crippen molar-refractivity contribution in [3.63, 3.8) is 0 Å². The highest BCUT2D eigenvalue weighted by Crippen LogP contribution is 2.33. The Bertz CT molecular complexity index is 539. The van der Waals surface area contributed by atoms with E-state index >= 15 is 0 Å². The molecule has 19 heavy (non-hydrogen) atoms. The van der Waals surface area contributed by atoms with Gasteiger partial charge < -0.3 is 5.73 Å². The summed E-state index contributed by atoms with van der Waals surface area (Å²) < 4.78 is 26.6. The van der Waals surface area contributed by atoms with Gasteiger partial charge >= 0.3 is 0 Å². The minimum atomic E-state index is -3.44. The fourth-order valence-electron chi connectivity index (χ4n) is 2.01. The summed E-state index contributed by atoms with van der Waals surface area (Å²) in [5, 5.41) is 0. The Kier molecular flexibility index (Phi) is 5.01. The molecule has 1 fully saturated rings. The molecular weight excluding hydrogens is 306 g/mol. The minimum absolute atomic E-state index is 0. The Balaban J connectivity index is 0.00000180. The fourth-order valence-corrected chi connectivity index (χ4v) is 5.05. The molecule has 0 radical (unpaired) electrons. The van der Waals surface area contributed by atoms with Gasteiger partial charge in [-0.1, -0.05) is 6.92 Å². The number of hydrogen-bond donors (Lipinski definition) is 1. The lowest BCUT2D eigenvalue weighted by Gasteiger charge is -2.21. The lowest BCUT2D eigenvalue weighted by Crippen LogP contribution is -2.34. The molecule has 2 N–H and O–H groups in total. The summed E-state index contributed by atoms with van der Waals surface area (Å²) >= 11 is 1.24. The molecule has 1 atom stereocenters. The molecule has 0 amide bonds. The highest BCUT2D eigenvalue weighted by molar-refractivity contribution is 7.91. The van der Waals surface area contributed by atoms with E-state index in [0.717, 1.165) is 17.0 Å². The average Bonchev–Trinajstić information content (AvgIpc) is 2.86. The summed E-state index contributed by atoms with van der Waals surface area (Å²) in [5.41, 5.74) is 6.39. The molecule has 1 aliphatic heterocycles. The largest absolute Gasteiger partial charge is 0.330 e. The van der Waals surface area contributed by atoms with Gasteiger partial charge in [-0.15, -0.1) is 23.7 Å². The van der Waals surface area contributed by atoms with Crippen molar-refractivity contribution in [3.8, 4) is 0 Å². The fraction of sp³-hybridized carbons (Fsp3) is 0.727. The second-order valence-electron chi connectivity index (χ2n) is 5.22. The molecule has 0 saturated carbocycles. The standard InChI is InChI=1S/C11H19N3O2S2.ClH/c1-8-9(2)17-10(13-8)18(15,16)14-5-4-11(3,6-12)7-14;/h4-7,12H2,1-3H3;1H. The predicted octanol–water partition coefficient (Wildman–Crippen LogP) is 1.54. The van der Waals surface area contributed by atoms with Gasteiger partial charge in [0.15, 0.2) is 0 Å². The topological polar surface area (TPSA) is 76.3 Å². The van der Waals surface area contributed by atoms with E-state index in [1.54, 1.807) is 0 Å². The lowest BCUT2D eigenvalue weighted by molar-refractivity contribution is 0.349. The van der Waals surface area contributed by atoms with Crippen molar-refractivity contribution in [1.82, 2.24) is 9.29 Å². The molecule has 0 spiro atoms. The van der Waals surface area contributed by atoms with Gasteiger partial charge in [-0.05, 0) is 32.2 Å². The minimum Gasteiger partial charge on any atom is -0.330 e. The van der Waals surface area contributed by atoms with E-state index in [1.165, 1.54) is 15.6 Å². The van der Waals surface area contributed by atoms with Crippen molar-refractivity contribution in [1.29, 1.82) is 0 Å². The van der Waals surface area contributed by atoms with Gasteiger partial charge in [-0.25, -0.2) is 13.4 Å². The van der Waals surface area contributed by atoms with Gasteiger partial charge in [0.2, 0.25) is 4.34 Å². The average molecular weight is 326 g/mol. The van der Waals surface area contributed by atoms with Crippen molar-refractivity contribution in [2.45, 2.75) is 31.5 Å². The molecule has 1 aliphatic rings. The van der Waals surface area contributed by atoms with E-state index < -0.39 is 10.0 Å². The molecule has 0 bridgehead atoms. The number of hydrogen-bond acceptors (Lipinski definition) is 5. The second kappa shape index (κ2) is 5.65. The third-order valence-corrected chi connectivity index (χ3v) is 6.86. The van der Waals surface area contributed by atoms with Gasteiger partial charge in [0.1, 0.15) is 0 Å². The van der Waals surface area contributed by atoms with E-state index in [-0.39, 0.29) is 22.2 Å². The molecule has 0 aromatic carbocycles. The molecule has 1 aromatic rings. The van der Waals surface area contributed by atoms with Gasteiger partial charge in [-0.2, -0.15) is 4.31 Å². The quantitative estimate of drug-likeness (QED) is 0.914. The normalized spacial score (nSPS) is 24.4. The van der Waals surface area contributed by atoms with Crippen molar-refractivity contribution >= 4 is 33.8 Å². The van der Waals surface area contributed by atoms with E-state index in [1.807, 2.05) is 20.8 Å². The molecule has 0 aliphatic carbocycles. The summed E-state index contributed by atoms with van der Waals surface area (Å²) in [7, 11) is -3.44. The van der Waals surface area contributed by atoms with Crippen LogP contribution in [-0.2, 0) is 10.0 Å². The van der Waals surface area contributed by atoms with Crippen LogP contribution in [0.1, 0.15) is 23.9 Å². The van der Waals surface area contributed by atoms with Crippen LogP contribution in [0.5, 0.6) is 0 Å². The SMILES string of the molecule is Cc1nc(S(=O)(=O)N2CCC(C)(CN)C2)sc1C.Cl. The number of aromatic nitrogens is 1. The number of rotatable bonds is 3. The smallest absolute Gasteiger partial charge is 0.270 e. The first-order valence-corrected chi connectivity index (χ1v) is 8.18.